The van der Waals surface area contributed by atoms with Gasteiger partial charge < -0.3 is 9.47 Å². The lowest BCUT2D eigenvalue weighted by Crippen LogP contribution is -1.90. The molecular formula is C12H17NO2. The number of methoxy groups -OCH3 is 1. The fourth-order valence-electron chi connectivity index (χ4n) is 1.14. The van der Waals surface area contributed by atoms with Crippen LogP contribution in [0.5, 0.6) is 11.8 Å². The van der Waals surface area contributed by atoms with Gasteiger partial charge in [0, 0.05) is 18.1 Å². The summed E-state index contributed by atoms with van der Waals surface area (Å²) in [5.74, 6) is 1.34. The van der Waals surface area contributed by atoms with Gasteiger partial charge in [-0.1, -0.05) is 13.0 Å². The number of hydrogen-bond acceptors (Lipinski definition) is 3. The zero-order valence-electron chi connectivity index (χ0n) is 9.32. The van der Waals surface area contributed by atoms with Gasteiger partial charge >= 0.3 is 0 Å². The van der Waals surface area contributed by atoms with Crippen molar-refractivity contribution >= 4 is 0 Å². The SMILES string of the molecule is C=CCC.COc1ccc2c(n1)OCC2. The maximum atomic E-state index is 5.25. The van der Waals surface area contributed by atoms with Gasteiger partial charge in [0.1, 0.15) is 0 Å². The van der Waals surface area contributed by atoms with Crippen LogP contribution in [0.2, 0.25) is 0 Å². The number of nitrogens with zero attached hydrogens (tertiary/aromatic N) is 1. The smallest absolute Gasteiger partial charge is 0.219 e. The molecule has 1 aromatic rings. The first-order valence-electron chi connectivity index (χ1n) is 5.09. The van der Waals surface area contributed by atoms with E-state index in [1.165, 1.54) is 5.56 Å². The van der Waals surface area contributed by atoms with Gasteiger partial charge in [0.05, 0.1) is 13.7 Å². The minimum atomic E-state index is 0.616. The molecular weight excluding hydrogens is 190 g/mol. The Bertz CT molecular complexity index is 323. The average molecular weight is 207 g/mol. The summed E-state index contributed by atoms with van der Waals surface area (Å²) in [5, 5.41) is 0. The summed E-state index contributed by atoms with van der Waals surface area (Å²) in [4.78, 5) is 4.13. The van der Waals surface area contributed by atoms with Gasteiger partial charge in [-0.25, -0.2) is 0 Å². The van der Waals surface area contributed by atoms with Crippen molar-refractivity contribution in [2.75, 3.05) is 13.7 Å². The van der Waals surface area contributed by atoms with E-state index in [1.54, 1.807) is 7.11 Å². The third kappa shape index (κ3) is 3.27. The summed E-state index contributed by atoms with van der Waals surface area (Å²) in [6.07, 6.45) is 3.92. The lowest BCUT2D eigenvalue weighted by Gasteiger charge is -2.00. The zero-order valence-corrected chi connectivity index (χ0v) is 9.32. The Hall–Kier alpha value is -1.51. The lowest BCUT2D eigenvalue weighted by molar-refractivity contribution is 0.333. The van der Waals surface area contributed by atoms with Crippen LogP contribution in [0.1, 0.15) is 18.9 Å². The first-order chi connectivity index (χ1) is 7.31. The normalized spacial score (nSPS) is 11.9. The summed E-state index contributed by atoms with van der Waals surface area (Å²) < 4.78 is 10.2. The molecule has 3 nitrogen and oxygen atoms in total. The highest BCUT2D eigenvalue weighted by atomic mass is 16.5. The minimum Gasteiger partial charge on any atom is -0.481 e. The predicted molar refractivity (Wildman–Crippen MR) is 60.5 cm³/mol. The third-order valence-corrected chi connectivity index (χ3v) is 2.02. The molecule has 1 aliphatic rings. The number of ether oxygens (including phenoxy) is 2. The van der Waals surface area contributed by atoms with E-state index < -0.39 is 0 Å². The van der Waals surface area contributed by atoms with Crippen molar-refractivity contribution in [3.8, 4) is 11.8 Å². The van der Waals surface area contributed by atoms with Crippen molar-refractivity contribution in [3.63, 3.8) is 0 Å². The van der Waals surface area contributed by atoms with Crippen LogP contribution in [-0.4, -0.2) is 18.7 Å². The molecule has 82 valence electrons. The quantitative estimate of drug-likeness (QED) is 0.698. The highest BCUT2D eigenvalue weighted by Crippen LogP contribution is 2.24. The Morgan fingerprint density at radius 3 is 2.93 bits per heavy atom. The van der Waals surface area contributed by atoms with E-state index in [0.717, 1.165) is 25.3 Å². The van der Waals surface area contributed by atoms with Gasteiger partial charge in [-0.3, -0.25) is 0 Å². The molecule has 15 heavy (non-hydrogen) atoms. The van der Waals surface area contributed by atoms with Crippen LogP contribution < -0.4 is 9.47 Å². The Morgan fingerprint density at radius 2 is 2.33 bits per heavy atom. The van der Waals surface area contributed by atoms with Crippen molar-refractivity contribution in [2.45, 2.75) is 19.8 Å². The van der Waals surface area contributed by atoms with E-state index in [9.17, 15) is 0 Å². The molecule has 0 unspecified atom stereocenters. The summed E-state index contributed by atoms with van der Waals surface area (Å²) in [7, 11) is 1.60. The van der Waals surface area contributed by atoms with Gasteiger partial charge in [0.25, 0.3) is 0 Å². The predicted octanol–water partition coefficient (Wildman–Crippen LogP) is 2.61. The molecule has 1 aliphatic heterocycles. The molecule has 0 bridgehead atoms. The summed E-state index contributed by atoms with van der Waals surface area (Å²) in [6.45, 7) is 6.29. The van der Waals surface area contributed by atoms with Crippen LogP contribution in [-0.2, 0) is 6.42 Å². The number of hydrogen-bond donors (Lipinski definition) is 0. The number of pyridine rings is 1. The van der Waals surface area contributed by atoms with E-state index in [2.05, 4.69) is 18.5 Å². The van der Waals surface area contributed by atoms with Crippen LogP contribution in [0, 0.1) is 0 Å². The Labute approximate surface area is 90.7 Å². The minimum absolute atomic E-state index is 0.616. The Balaban J connectivity index is 0.000000245. The van der Waals surface area contributed by atoms with Crippen LogP contribution in [0.25, 0.3) is 0 Å². The molecule has 0 saturated heterocycles. The van der Waals surface area contributed by atoms with E-state index in [0.29, 0.717) is 5.88 Å². The molecule has 0 N–H and O–H groups in total. The number of fused-ring (bicyclic) bond motifs is 1. The second-order valence-corrected chi connectivity index (χ2v) is 3.11. The van der Waals surface area contributed by atoms with E-state index >= 15 is 0 Å². The third-order valence-electron chi connectivity index (χ3n) is 2.02. The maximum Gasteiger partial charge on any atom is 0.219 e. The van der Waals surface area contributed by atoms with Gasteiger partial charge in [-0.15, -0.1) is 6.58 Å². The van der Waals surface area contributed by atoms with Gasteiger partial charge in [0.2, 0.25) is 11.8 Å². The molecule has 0 saturated carbocycles. The molecule has 0 atom stereocenters. The van der Waals surface area contributed by atoms with Crippen molar-refractivity contribution in [1.29, 1.82) is 0 Å². The van der Waals surface area contributed by atoms with Crippen LogP contribution in [0.3, 0.4) is 0 Å². The van der Waals surface area contributed by atoms with Gasteiger partial charge in [-0.2, -0.15) is 4.98 Å². The first kappa shape index (κ1) is 11.6. The van der Waals surface area contributed by atoms with Crippen LogP contribution in [0.4, 0.5) is 0 Å². The van der Waals surface area contributed by atoms with E-state index in [1.807, 2.05) is 18.2 Å². The number of aromatic nitrogens is 1. The summed E-state index contributed by atoms with van der Waals surface area (Å²) >= 11 is 0. The maximum absolute atomic E-state index is 5.25. The standard InChI is InChI=1S/C8H9NO2.C4H8/c1-10-7-3-2-6-4-5-11-8(6)9-7;1-3-4-2/h2-3H,4-5H2,1H3;3H,1,4H2,2H3. The topological polar surface area (TPSA) is 31.4 Å². The molecule has 2 rings (SSSR count). The van der Waals surface area contributed by atoms with Crippen LogP contribution in [0.15, 0.2) is 24.8 Å². The molecule has 2 heterocycles. The van der Waals surface area contributed by atoms with E-state index in [4.69, 9.17) is 9.47 Å². The van der Waals surface area contributed by atoms with Gasteiger partial charge in [-0.05, 0) is 12.5 Å². The van der Waals surface area contributed by atoms with Crippen molar-refractivity contribution < 1.29 is 9.47 Å². The monoisotopic (exact) mass is 207 g/mol. The summed E-state index contributed by atoms with van der Waals surface area (Å²) in [6, 6.07) is 3.85. The lowest BCUT2D eigenvalue weighted by atomic mass is 10.2. The Kier molecular flexibility index (Phi) is 4.68. The summed E-state index contributed by atoms with van der Waals surface area (Å²) in [5.41, 5.74) is 1.17. The van der Waals surface area contributed by atoms with E-state index in [-0.39, 0.29) is 0 Å². The number of rotatable bonds is 2. The molecule has 0 spiro atoms. The molecule has 0 radical (unpaired) electrons. The molecule has 0 amide bonds. The van der Waals surface area contributed by atoms with Crippen molar-refractivity contribution in [2.24, 2.45) is 0 Å². The molecule has 3 heteroatoms. The highest BCUT2D eigenvalue weighted by molar-refractivity contribution is 5.33. The number of allylic oxidation sites excluding steroid dienone is 1. The van der Waals surface area contributed by atoms with Crippen molar-refractivity contribution in [3.05, 3.63) is 30.4 Å². The zero-order chi connectivity index (χ0) is 11.1. The average Bonchev–Trinajstić information content (AvgIpc) is 2.76. The highest BCUT2D eigenvalue weighted by Gasteiger charge is 2.13. The molecule has 0 aromatic carbocycles. The second-order valence-electron chi connectivity index (χ2n) is 3.11. The fourth-order valence-corrected chi connectivity index (χ4v) is 1.14. The molecule has 0 aliphatic carbocycles. The van der Waals surface area contributed by atoms with Crippen LogP contribution >= 0.6 is 0 Å². The second kappa shape index (κ2) is 6.06. The fraction of sp³-hybridized carbons (Fsp3) is 0.417. The largest absolute Gasteiger partial charge is 0.481 e. The molecule has 0 fully saturated rings. The first-order valence-corrected chi connectivity index (χ1v) is 5.09. The van der Waals surface area contributed by atoms with Crippen molar-refractivity contribution in [1.82, 2.24) is 4.98 Å². The molecule has 1 aromatic heterocycles. The Morgan fingerprint density at radius 1 is 1.60 bits per heavy atom. The van der Waals surface area contributed by atoms with Gasteiger partial charge in [0.15, 0.2) is 0 Å².